The van der Waals surface area contributed by atoms with Crippen molar-refractivity contribution in [2.75, 3.05) is 0 Å². The average Bonchev–Trinajstić information content (AvgIpc) is 3.26. The van der Waals surface area contributed by atoms with Gasteiger partial charge in [0, 0.05) is 21.7 Å². The van der Waals surface area contributed by atoms with Gasteiger partial charge in [-0.3, -0.25) is 0 Å². The summed E-state index contributed by atoms with van der Waals surface area (Å²) in [6.07, 6.45) is 0. The smallest absolute Gasteiger partial charge is 0.137 e. The van der Waals surface area contributed by atoms with Crippen molar-refractivity contribution in [1.29, 1.82) is 0 Å². The molecule has 0 fully saturated rings. The fourth-order valence-electron chi connectivity index (χ4n) is 5.88. The van der Waals surface area contributed by atoms with Crippen LogP contribution in [0.5, 0.6) is 0 Å². The number of hydrogen-bond acceptors (Lipinski definition) is 1. The summed E-state index contributed by atoms with van der Waals surface area (Å²) >= 11 is 0. The molecule has 146 valence electrons. The Morgan fingerprint density at radius 3 is 2.24 bits per heavy atom. The third-order valence-corrected chi connectivity index (χ3v) is 8.70. The monoisotopic (exact) mass is 381 g/mol. The van der Waals surface area contributed by atoms with Gasteiger partial charge in [-0.25, -0.2) is 0 Å². The van der Waals surface area contributed by atoms with Crippen molar-refractivity contribution in [3.8, 4) is 0 Å². The number of benzene rings is 3. The molecule has 2 nitrogen and oxygen atoms in total. The lowest BCUT2D eigenvalue weighted by Gasteiger charge is -2.44. The van der Waals surface area contributed by atoms with Crippen molar-refractivity contribution < 1.29 is 4.42 Å². The Morgan fingerprint density at radius 2 is 1.45 bits per heavy atom. The van der Waals surface area contributed by atoms with E-state index in [1.54, 1.807) is 0 Å². The molecule has 0 radical (unpaired) electrons. The first kappa shape index (κ1) is 17.1. The Kier molecular flexibility index (Phi) is 2.88. The molecule has 3 aromatic carbocycles. The van der Waals surface area contributed by atoms with E-state index >= 15 is 0 Å². The Labute approximate surface area is 170 Å². The first-order valence-electron chi connectivity index (χ1n) is 10.6. The summed E-state index contributed by atoms with van der Waals surface area (Å²) in [5.74, 6) is 0. The van der Waals surface area contributed by atoms with Crippen molar-refractivity contribution in [3.63, 3.8) is 0 Å². The molecular formula is C27H27NO. The van der Waals surface area contributed by atoms with E-state index in [0.717, 1.165) is 11.2 Å². The van der Waals surface area contributed by atoms with Crippen molar-refractivity contribution in [1.82, 2.24) is 4.98 Å². The summed E-state index contributed by atoms with van der Waals surface area (Å²) in [6.45, 7) is 14.5. The van der Waals surface area contributed by atoms with Crippen LogP contribution in [0, 0.1) is 5.41 Å². The molecule has 0 atom stereocenters. The number of aromatic nitrogens is 1. The number of rotatable bonds is 0. The molecule has 2 heterocycles. The molecule has 1 aliphatic carbocycles. The quantitative estimate of drug-likeness (QED) is 0.291. The molecule has 6 rings (SSSR count). The van der Waals surface area contributed by atoms with Crippen LogP contribution in [0.25, 0.3) is 43.7 Å². The second-order valence-corrected chi connectivity index (χ2v) is 10.4. The van der Waals surface area contributed by atoms with Crippen molar-refractivity contribution in [2.24, 2.45) is 5.41 Å². The molecular weight excluding hydrogens is 354 g/mol. The number of H-pyrrole nitrogens is 1. The topological polar surface area (TPSA) is 28.9 Å². The maximum absolute atomic E-state index is 6.14. The normalized spacial score (nSPS) is 19.5. The highest BCUT2D eigenvalue weighted by molar-refractivity contribution is 6.24. The number of nitrogens with one attached hydrogen (secondary N) is 1. The molecule has 0 amide bonds. The minimum atomic E-state index is 0.0634. The van der Waals surface area contributed by atoms with Gasteiger partial charge in [0.05, 0.1) is 10.9 Å². The Balaban J connectivity index is 1.85. The van der Waals surface area contributed by atoms with Gasteiger partial charge in [-0.05, 0) is 51.6 Å². The minimum Gasteiger partial charge on any atom is -0.456 e. The SMILES string of the molecule is CC1(C)c2ccc3[nH]c4c(ccc5oc6ccccc6c54)c3c2C(C)(C)C1(C)C. The molecule has 0 bridgehead atoms. The molecule has 0 saturated heterocycles. The van der Waals surface area contributed by atoms with Crippen LogP contribution in [-0.2, 0) is 10.8 Å². The van der Waals surface area contributed by atoms with Crippen LogP contribution < -0.4 is 0 Å². The van der Waals surface area contributed by atoms with Gasteiger partial charge in [-0.15, -0.1) is 0 Å². The Morgan fingerprint density at radius 1 is 0.690 bits per heavy atom. The largest absolute Gasteiger partial charge is 0.456 e. The number of aromatic amines is 1. The zero-order chi connectivity index (χ0) is 20.3. The highest BCUT2D eigenvalue weighted by Gasteiger charge is 2.57. The van der Waals surface area contributed by atoms with Crippen LogP contribution in [-0.4, -0.2) is 4.98 Å². The third-order valence-electron chi connectivity index (χ3n) is 8.70. The van der Waals surface area contributed by atoms with Crippen LogP contribution in [0.3, 0.4) is 0 Å². The Hall–Kier alpha value is -2.74. The van der Waals surface area contributed by atoms with Gasteiger partial charge in [0.15, 0.2) is 0 Å². The van der Waals surface area contributed by atoms with Gasteiger partial charge < -0.3 is 9.40 Å². The summed E-state index contributed by atoms with van der Waals surface area (Å²) < 4.78 is 6.14. The van der Waals surface area contributed by atoms with Gasteiger partial charge in [0.2, 0.25) is 0 Å². The van der Waals surface area contributed by atoms with Gasteiger partial charge in [-0.2, -0.15) is 0 Å². The maximum Gasteiger partial charge on any atom is 0.137 e. The van der Waals surface area contributed by atoms with E-state index in [4.69, 9.17) is 4.42 Å². The van der Waals surface area contributed by atoms with Gasteiger partial charge in [-0.1, -0.05) is 65.8 Å². The van der Waals surface area contributed by atoms with E-state index < -0.39 is 0 Å². The van der Waals surface area contributed by atoms with Crippen molar-refractivity contribution in [2.45, 2.75) is 52.4 Å². The number of fused-ring (bicyclic) bond motifs is 9. The first-order chi connectivity index (χ1) is 13.7. The zero-order valence-electron chi connectivity index (χ0n) is 18.0. The third kappa shape index (κ3) is 1.75. The van der Waals surface area contributed by atoms with E-state index in [1.165, 1.54) is 43.7 Å². The highest BCUT2D eigenvalue weighted by atomic mass is 16.3. The summed E-state index contributed by atoms with van der Waals surface area (Å²) in [6, 6.07) is 17.4. The molecule has 2 aromatic heterocycles. The molecule has 0 unspecified atom stereocenters. The van der Waals surface area contributed by atoms with Crippen LogP contribution in [0.1, 0.15) is 52.7 Å². The highest BCUT2D eigenvalue weighted by Crippen LogP contribution is 2.63. The predicted molar refractivity (Wildman–Crippen MR) is 123 cm³/mol. The summed E-state index contributed by atoms with van der Waals surface area (Å²) in [5.41, 5.74) is 7.60. The van der Waals surface area contributed by atoms with Crippen LogP contribution in [0.15, 0.2) is 52.9 Å². The summed E-state index contributed by atoms with van der Waals surface area (Å²) in [4.78, 5) is 3.76. The number of para-hydroxylation sites is 1. The van der Waals surface area contributed by atoms with E-state index in [0.29, 0.717) is 0 Å². The summed E-state index contributed by atoms with van der Waals surface area (Å²) in [5, 5.41) is 5.06. The minimum absolute atomic E-state index is 0.0634. The average molecular weight is 382 g/mol. The van der Waals surface area contributed by atoms with E-state index in [-0.39, 0.29) is 16.2 Å². The fraction of sp³-hybridized carbons (Fsp3) is 0.333. The van der Waals surface area contributed by atoms with Crippen molar-refractivity contribution in [3.05, 3.63) is 59.7 Å². The molecule has 0 saturated carbocycles. The van der Waals surface area contributed by atoms with Crippen LogP contribution >= 0.6 is 0 Å². The first-order valence-corrected chi connectivity index (χ1v) is 10.6. The van der Waals surface area contributed by atoms with Gasteiger partial charge in [0.1, 0.15) is 11.2 Å². The maximum atomic E-state index is 6.14. The van der Waals surface area contributed by atoms with Crippen LogP contribution in [0.2, 0.25) is 0 Å². The lowest BCUT2D eigenvalue weighted by Crippen LogP contribution is -2.42. The van der Waals surface area contributed by atoms with Crippen molar-refractivity contribution >= 4 is 43.7 Å². The molecule has 1 aliphatic rings. The molecule has 2 heteroatoms. The lowest BCUT2D eigenvalue weighted by atomic mass is 9.59. The predicted octanol–water partition coefficient (Wildman–Crippen LogP) is 7.82. The van der Waals surface area contributed by atoms with Gasteiger partial charge >= 0.3 is 0 Å². The molecule has 29 heavy (non-hydrogen) atoms. The second-order valence-electron chi connectivity index (χ2n) is 10.4. The lowest BCUT2D eigenvalue weighted by molar-refractivity contribution is 0.125. The number of hydrogen-bond donors (Lipinski definition) is 1. The van der Waals surface area contributed by atoms with Crippen LogP contribution in [0.4, 0.5) is 0 Å². The number of furan rings is 1. The van der Waals surface area contributed by atoms with E-state index in [9.17, 15) is 0 Å². The van der Waals surface area contributed by atoms with Gasteiger partial charge in [0.25, 0.3) is 0 Å². The second kappa shape index (κ2) is 4.87. The standard InChI is InChI=1S/C27H27NO/c1-25(2)17-12-13-18-21(23(17)26(3,4)27(25,5)6)16-11-14-20-22(24(16)28-18)15-9-7-8-10-19(15)29-20/h7-14,28H,1-6H3. The van der Waals surface area contributed by atoms with E-state index in [1.807, 2.05) is 6.07 Å². The molecule has 1 N–H and O–H groups in total. The summed E-state index contributed by atoms with van der Waals surface area (Å²) in [7, 11) is 0. The molecule has 0 aliphatic heterocycles. The Bertz CT molecular complexity index is 1470. The fourth-order valence-corrected chi connectivity index (χ4v) is 5.88. The van der Waals surface area contributed by atoms with E-state index in [2.05, 4.69) is 89.0 Å². The molecule has 5 aromatic rings. The zero-order valence-corrected chi connectivity index (χ0v) is 18.0. The molecule has 0 spiro atoms.